The first kappa shape index (κ1) is 19.0. The van der Waals surface area contributed by atoms with Crippen LogP contribution in [-0.2, 0) is 31.4 Å². The van der Waals surface area contributed by atoms with Crippen molar-refractivity contribution in [3.05, 3.63) is 63.7 Å². The molecule has 0 spiro atoms. The van der Waals surface area contributed by atoms with Gasteiger partial charge in [-0.05, 0) is 57.8 Å². The fourth-order valence-corrected chi connectivity index (χ4v) is 2.32. The summed E-state index contributed by atoms with van der Waals surface area (Å²) < 4.78 is 4.77. The van der Waals surface area contributed by atoms with Gasteiger partial charge in [0.15, 0.2) is 0 Å². The van der Waals surface area contributed by atoms with Crippen molar-refractivity contribution in [2.45, 2.75) is 6.04 Å². The third kappa shape index (κ3) is 5.24. The van der Waals surface area contributed by atoms with E-state index in [4.69, 9.17) is 9.57 Å². The van der Waals surface area contributed by atoms with E-state index in [-0.39, 0.29) is 35.0 Å². The van der Waals surface area contributed by atoms with Crippen LogP contribution in [0.15, 0.2) is 0 Å². The second kappa shape index (κ2) is 9.83. The van der Waals surface area contributed by atoms with E-state index in [2.05, 4.69) is 0 Å². The van der Waals surface area contributed by atoms with E-state index >= 15 is 0 Å². The Morgan fingerprint density at radius 3 is 2.14 bits per heavy atom. The van der Waals surface area contributed by atoms with E-state index in [1.807, 2.05) is 64.8 Å². The van der Waals surface area contributed by atoms with Crippen LogP contribution in [0.1, 0.15) is 0 Å². The standard InChI is InChI=1S/C11H14NO3.C5H5.Fe/c1-12-10(8-5-3-4-6-8)9(7-15-12)11(13)14-2;1-2-4-5-3-1;/h3-6,9-10H,7H2,1-2H3;1-5H;/q;;+2/t9-,10+;;/m0../s1. The van der Waals surface area contributed by atoms with E-state index in [1.165, 1.54) is 7.11 Å². The van der Waals surface area contributed by atoms with Crippen molar-refractivity contribution in [1.29, 1.82) is 0 Å². The summed E-state index contributed by atoms with van der Waals surface area (Å²) in [4.78, 5) is 16.9. The average Bonchev–Trinajstić information content (AvgIpc) is 3.20. The molecule has 4 nitrogen and oxygen atoms in total. The Hall–Kier alpha value is -0.0905. The fourth-order valence-electron chi connectivity index (χ4n) is 2.32. The number of nitrogens with zero attached hydrogens (tertiary/aromatic N) is 1. The van der Waals surface area contributed by atoms with E-state index in [0.29, 0.717) is 6.61 Å². The largest absolute Gasteiger partial charge is 2.00 e. The minimum Gasteiger partial charge on any atom is -0.469 e. The normalized spacial score (nSPS) is 29.6. The van der Waals surface area contributed by atoms with Crippen molar-refractivity contribution in [3.8, 4) is 0 Å². The molecule has 3 aliphatic rings. The summed E-state index contributed by atoms with van der Waals surface area (Å²) in [5, 5.41) is 1.72. The SMILES string of the molecule is COC(=O)[C@H]1CON(C)[C@@H]1[C]1[CH][CH][CH][CH]1.[CH]1[CH][CH][CH][CH]1.[Fe+2]. The number of hydrogen-bond donors (Lipinski definition) is 0. The second-order valence-corrected chi connectivity index (χ2v) is 4.60. The van der Waals surface area contributed by atoms with Crippen LogP contribution in [0.5, 0.6) is 0 Å². The molecule has 1 saturated heterocycles. The molecule has 3 fully saturated rings. The molecule has 0 bridgehead atoms. The van der Waals surface area contributed by atoms with Gasteiger partial charge < -0.3 is 4.74 Å². The van der Waals surface area contributed by atoms with Crippen LogP contribution < -0.4 is 0 Å². The van der Waals surface area contributed by atoms with Crippen molar-refractivity contribution in [3.63, 3.8) is 0 Å². The topological polar surface area (TPSA) is 38.8 Å². The molecule has 2 aliphatic carbocycles. The number of ether oxygens (including phenoxy) is 1. The Labute approximate surface area is 139 Å². The Balaban J connectivity index is 0.000000313. The molecule has 1 aliphatic heterocycles. The first-order chi connectivity index (χ1) is 9.74. The van der Waals surface area contributed by atoms with Crippen LogP contribution in [0.25, 0.3) is 0 Å². The van der Waals surface area contributed by atoms with Gasteiger partial charge in [0.2, 0.25) is 0 Å². The molecular weight excluding hydrogens is 310 g/mol. The molecule has 0 aromatic rings. The van der Waals surface area contributed by atoms with Gasteiger partial charge in [0, 0.05) is 13.0 Å². The van der Waals surface area contributed by atoms with Crippen LogP contribution in [0.3, 0.4) is 0 Å². The maximum atomic E-state index is 11.5. The van der Waals surface area contributed by atoms with Crippen molar-refractivity contribution >= 4 is 5.97 Å². The molecule has 10 radical (unpaired) electrons. The Kier molecular flexibility index (Phi) is 8.87. The molecule has 0 amide bonds. The summed E-state index contributed by atoms with van der Waals surface area (Å²) in [5.74, 6) is 0.637. The maximum Gasteiger partial charge on any atom is 2.00 e. The monoisotopic (exact) mass is 329 g/mol. The number of carbonyl (C=O) groups excluding carboxylic acids is 1. The summed E-state index contributed by atoms with van der Waals surface area (Å²) in [7, 11) is 3.24. The van der Waals surface area contributed by atoms with Crippen LogP contribution >= 0.6 is 0 Å². The summed E-state index contributed by atoms with van der Waals surface area (Å²) in [5.41, 5.74) is 0. The van der Waals surface area contributed by atoms with Gasteiger partial charge >= 0.3 is 23.0 Å². The van der Waals surface area contributed by atoms with Crippen molar-refractivity contribution in [1.82, 2.24) is 5.06 Å². The van der Waals surface area contributed by atoms with Gasteiger partial charge in [0.25, 0.3) is 0 Å². The molecule has 2 atom stereocenters. The van der Waals surface area contributed by atoms with Crippen LogP contribution in [-0.4, -0.2) is 37.8 Å². The molecule has 1 heterocycles. The molecule has 2 saturated carbocycles. The number of hydrogen-bond acceptors (Lipinski definition) is 4. The van der Waals surface area contributed by atoms with Gasteiger partial charge in [-0.3, -0.25) is 9.63 Å². The fraction of sp³-hybridized carbons (Fsp3) is 0.312. The summed E-state index contributed by atoms with van der Waals surface area (Å²) in [6, 6.07) is -0.0348. The van der Waals surface area contributed by atoms with Gasteiger partial charge in [-0.25, -0.2) is 0 Å². The molecule has 0 aromatic carbocycles. The first-order valence-corrected chi connectivity index (χ1v) is 6.56. The zero-order valence-corrected chi connectivity index (χ0v) is 13.2. The number of hydroxylamine groups is 2. The smallest absolute Gasteiger partial charge is 0.469 e. The molecule has 0 unspecified atom stereocenters. The zero-order chi connectivity index (χ0) is 14.4. The third-order valence-electron chi connectivity index (χ3n) is 3.32. The predicted molar refractivity (Wildman–Crippen MR) is 75.0 cm³/mol. The molecule has 112 valence electrons. The van der Waals surface area contributed by atoms with E-state index in [9.17, 15) is 4.79 Å². The number of methoxy groups -OCH3 is 1. The predicted octanol–water partition coefficient (Wildman–Crippen LogP) is 1.45. The van der Waals surface area contributed by atoms with Gasteiger partial charge in [0.1, 0.15) is 5.92 Å². The molecule has 0 N–H and O–H groups in total. The number of rotatable bonds is 2. The van der Waals surface area contributed by atoms with Crippen LogP contribution in [0.4, 0.5) is 0 Å². The minimum absolute atomic E-state index is 0. The quantitative estimate of drug-likeness (QED) is 0.568. The second-order valence-electron chi connectivity index (χ2n) is 4.60. The zero-order valence-electron chi connectivity index (χ0n) is 12.1. The summed E-state index contributed by atoms with van der Waals surface area (Å²) >= 11 is 0. The minimum atomic E-state index is -0.234. The van der Waals surface area contributed by atoms with E-state index in [1.54, 1.807) is 5.06 Å². The number of carbonyl (C=O) groups is 1. The van der Waals surface area contributed by atoms with Gasteiger partial charge in [-0.1, -0.05) is 0 Å². The molecular formula is C16H19FeNO3+2. The van der Waals surface area contributed by atoms with Crippen LogP contribution in [0.2, 0.25) is 0 Å². The van der Waals surface area contributed by atoms with Gasteiger partial charge in [-0.2, -0.15) is 5.06 Å². The first-order valence-electron chi connectivity index (χ1n) is 6.56. The van der Waals surface area contributed by atoms with Crippen molar-refractivity contribution < 1.29 is 31.4 Å². The van der Waals surface area contributed by atoms with Crippen molar-refractivity contribution in [2.75, 3.05) is 20.8 Å². The summed E-state index contributed by atoms with van der Waals surface area (Å²) in [6.45, 7) is 0.388. The Morgan fingerprint density at radius 1 is 1.14 bits per heavy atom. The van der Waals surface area contributed by atoms with Crippen molar-refractivity contribution in [2.24, 2.45) is 5.92 Å². The summed E-state index contributed by atoms with van der Waals surface area (Å²) in [6.07, 6.45) is 17.9. The number of esters is 1. The third-order valence-corrected chi connectivity index (χ3v) is 3.32. The van der Waals surface area contributed by atoms with Gasteiger partial charge in [0.05, 0.1) is 19.8 Å². The van der Waals surface area contributed by atoms with Gasteiger partial charge in [-0.15, -0.1) is 0 Å². The maximum absolute atomic E-state index is 11.5. The molecule has 0 aromatic heterocycles. The van der Waals surface area contributed by atoms with E-state index in [0.717, 1.165) is 5.92 Å². The molecule has 3 rings (SSSR count). The van der Waals surface area contributed by atoms with E-state index < -0.39 is 0 Å². The van der Waals surface area contributed by atoms with Crippen LogP contribution in [0, 0.1) is 69.6 Å². The Morgan fingerprint density at radius 2 is 1.67 bits per heavy atom. The molecule has 21 heavy (non-hydrogen) atoms. The molecule has 5 heteroatoms. The Bertz CT molecular complexity index is 296. The average molecular weight is 329 g/mol.